The predicted octanol–water partition coefficient (Wildman–Crippen LogP) is 2.74. The van der Waals surface area contributed by atoms with Crippen molar-refractivity contribution in [2.45, 2.75) is 37.3 Å². The molecule has 2 N–H and O–H groups in total. The van der Waals surface area contributed by atoms with Gasteiger partial charge in [0.25, 0.3) is 0 Å². The van der Waals surface area contributed by atoms with Crippen LogP contribution >= 0.6 is 11.6 Å². The Labute approximate surface area is 119 Å². The van der Waals surface area contributed by atoms with E-state index in [1.54, 1.807) is 0 Å². The molecule has 0 radical (unpaired) electrons. The fraction of sp³-hybridized carbons (Fsp3) is 0.600. The van der Waals surface area contributed by atoms with Crippen molar-refractivity contribution in [3.8, 4) is 0 Å². The molecule has 2 atom stereocenters. The maximum absolute atomic E-state index is 9.98. The SMILES string of the molecule is OCC1(Nc2ccccc2Cl)CCN2CCCCC21. The van der Waals surface area contributed by atoms with Crippen LogP contribution < -0.4 is 5.32 Å². The monoisotopic (exact) mass is 280 g/mol. The van der Waals surface area contributed by atoms with Gasteiger partial charge in [0, 0.05) is 12.6 Å². The Morgan fingerprint density at radius 3 is 2.95 bits per heavy atom. The number of hydrogen-bond donors (Lipinski definition) is 2. The first-order valence-corrected chi connectivity index (χ1v) is 7.51. The van der Waals surface area contributed by atoms with Gasteiger partial charge >= 0.3 is 0 Å². The number of piperidine rings is 1. The van der Waals surface area contributed by atoms with Crippen molar-refractivity contribution in [3.05, 3.63) is 29.3 Å². The molecule has 104 valence electrons. The van der Waals surface area contributed by atoms with Gasteiger partial charge in [0.05, 0.1) is 22.9 Å². The van der Waals surface area contributed by atoms with Gasteiger partial charge in [-0.25, -0.2) is 0 Å². The summed E-state index contributed by atoms with van der Waals surface area (Å²) in [5.41, 5.74) is 0.705. The van der Waals surface area contributed by atoms with E-state index in [2.05, 4.69) is 10.2 Å². The molecule has 2 aliphatic rings. The summed E-state index contributed by atoms with van der Waals surface area (Å²) < 4.78 is 0. The highest BCUT2D eigenvalue weighted by atomic mass is 35.5. The summed E-state index contributed by atoms with van der Waals surface area (Å²) in [6.45, 7) is 2.40. The Bertz CT molecular complexity index is 454. The molecule has 2 heterocycles. The fourth-order valence-corrected chi connectivity index (χ4v) is 3.78. The molecular formula is C15H21ClN2O. The van der Waals surface area contributed by atoms with Crippen molar-refractivity contribution in [3.63, 3.8) is 0 Å². The largest absolute Gasteiger partial charge is 0.394 e. The van der Waals surface area contributed by atoms with Gasteiger partial charge in [-0.2, -0.15) is 0 Å². The number of anilines is 1. The molecule has 1 aromatic carbocycles. The Kier molecular flexibility index (Phi) is 3.70. The lowest BCUT2D eigenvalue weighted by Crippen LogP contribution is -2.54. The van der Waals surface area contributed by atoms with Crippen LogP contribution in [0.15, 0.2) is 24.3 Å². The molecular weight excluding hydrogens is 260 g/mol. The van der Waals surface area contributed by atoms with Crippen LogP contribution in [0.3, 0.4) is 0 Å². The van der Waals surface area contributed by atoms with Crippen molar-refractivity contribution in [2.24, 2.45) is 0 Å². The van der Waals surface area contributed by atoms with Crippen LogP contribution in [0.25, 0.3) is 0 Å². The van der Waals surface area contributed by atoms with E-state index in [4.69, 9.17) is 11.6 Å². The molecule has 2 unspecified atom stereocenters. The first-order valence-electron chi connectivity index (χ1n) is 7.13. The third-order valence-electron chi connectivity index (χ3n) is 4.64. The number of nitrogens with one attached hydrogen (secondary N) is 1. The number of aliphatic hydroxyl groups excluding tert-OH is 1. The van der Waals surface area contributed by atoms with E-state index < -0.39 is 0 Å². The molecule has 3 nitrogen and oxygen atoms in total. The zero-order valence-corrected chi connectivity index (χ0v) is 11.9. The summed E-state index contributed by atoms with van der Waals surface area (Å²) in [5.74, 6) is 0. The van der Waals surface area contributed by atoms with Gasteiger partial charge in [0.2, 0.25) is 0 Å². The Morgan fingerprint density at radius 1 is 1.32 bits per heavy atom. The van der Waals surface area contributed by atoms with E-state index in [0.29, 0.717) is 6.04 Å². The molecule has 0 aliphatic carbocycles. The zero-order valence-electron chi connectivity index (χ0n) is 11.1. The second-order valence-electron chi connectivity index (χ2n) is 5.72. The number of hydrogen-bond acceptors (Lipinski definition) is 3. The van der Waals surface area contributed by atoms with Gasteiger partial charge in [-0.3, -0.25) is 4.90 Å². The maximum Gasteiger partial charge on any atom is 0.0771 e. The number of fused-ring (bicyclic) bond motifs is 1. The van der Waals surface area contributed by atoms with Crippen molar-refractivity contribution < 1.29 is 5.11 Å². The van der Waals surface area contributed by atoms with Crippen LogP contribution in [0.1, 0.15) is 25.7 Å². The van der Waals surface area contributed by atoms with Gasteiger partial charge in [-0.05, 0) is 37.9 Å². The summed E-state index contributed by atoms with van der Waals surface area (Å²) in [6, 6.07) is 8.23. The van der Waals surface area contributed by atoms with Crippen molar-refractivity contribution >= 4 is 17.3 Å². The molecule has 1 aromatic rings. The lowest BCUT2D eigenvalue weighted by molar-refractivity contribution is 0.123. The number of nitrogens with zero attached hydrogens (tertiary/aromatic N) is 1. The molecule has 0 saturated carbocycles. The van der Waals surface area contributed by atoms with Gasteiger partial charge < -0.3 is 10.4 Å². The minimum absolute atomic E-state index is 0.166. The highest BCUT2D eigenvalue weighted by Crippen LogP contribution is 2.38. The Morgan fingerprint density at radius 2 is 2.16 bits per heavy atom. The minimum atomic E-state index is -0.231. The molecule has 19 heavy (non-hydrogen) atoms. The molecule has 0 spiro atoms. The quantitative estimate of drug-likeness (QED) is 0.894. The number of halogens is 1. The molecule has 0 bridgehead atoms. The van der Waals surface area contributed by atoms with Gasteiger partial charge in [0.15, 0.2) is 0 Å². The van der Waals surface area contributed by atoms with Crippen molar-refractivity contribution in [1.82, 2.24) is 4.90 Å². The highest BCUT2D eigenvalue weighted by molar-refractivity contribution is 6.33. The van der Waals surface area contributed by atoms with E-state index in [1.807, 2.05) is 24.3 Å². The van der Waals surface area contributed by atoms with Crippen molar-refractivity contribution in [1.29, 1.82) is 0 Å². The summed E-state index contributed by atoms with van der Waals surface area (Å²) in [6.07, 6.45) is 4.69. The number of rotatable bonds is 3. The molecule has 4 heteroatoms. The van der Waals surface area contributed by atoms with Gasteiger partial charge in [-0.15, -0.1) is 0 Å². The molecule has 3 rings (SSSR count). The minimum Gasteiger partial charge on any atom is -0.394 e. The fourth-order valence-electron chi connectivity index (χ4n) is 3.59. The summed E-state index contributed by atoms with van der Waals surface area (Å²) >= 11 is 6.24. The highest BCUT2D eigenvalue weighted by Gasteiger charge is 2.47. The summed E-state index contributed by atoms with van der Waals surface area (Å²) in [7, 11) is 0. The Balaban J connectivity index is 1.85. The van der Waals surface area contributed by atoms with Crippen LogP contribution in [-0.2, 0) is 0 Å². The summed E-state index contributed by atoms with van der Waals surface area (Å²) in [5, 5.41) is 14.2. The first kappa shape index (κ1) is 13.2. The standard InChI is InChI=1S/C15H21ClN2O/c16-12-5-1-2-6-13(12)17-15(11-19)8-10-18-9-4-3-7-14(15)18/h1-2,5-6,14,17,19H,3-4,7-11H2. The lowest BCUT2D eigenvalue weighted by atomic mass is 9.86. The molecule has 2 aliphatic heterocycles. The van der Waals surface area contributed by atoms with Crippen molar-refractivity contribution in [2.75, 3.05) is 25.0 Å². The van der Waals surface area contributed by atoms with Crippen LogP contribution in [0.5, 0.6) is 0 Å². The average molecular weight is 281 g/mol. The number of aliphatic hydroxyl groups is 1. The van der Waals surface area contributed by atoms with Crippen LogP contribution in [0.4, 0.5) is 5.69 Å². The zero-order chi connectivity index (χ0) is 13.3. The van der Waals surface area contributed by atoms with E-state index >= 15 is 0 Å². The maximum atomic E-state index is 9.98. The second-order valence-corrected chi connectivity index (χ2v) is 6.12. The van der Waals surface area contributed by atoms with Crippen LogP contribution in [0, 0.1) is 0 Å². The average Bonchev–Trinajstić information content (AvgIpc) is 2.81. The second kappa shape index (κ2) is 5.31. The normalized spacial score (nSPS) is 31.2. The van der Waals surface area contributed by atoms with Crippen LogP contribution in [0.2, 0.25) is 5.02 Å². The smallest absolute Gasteiger partial charge is 0.0771 e. The molecule has 0 amide bonds. The first-order chi connectivity index (χ1) is 9.25. The molecule has 0 aromatic heterocycles. The van der Waals surface area contributed by atoms with E-state index in [0.717, 1.165) is 36.6 Å². The van der Waals surface area contributed by atoms with Gasteiger partial charge in [-0.1, -0.05) is 30.2 Å². The van der Waals surface area contributed by atoms with E-state index in [1.165, 1.54) is 12.8 Å². The molecule has 2 saturated heterocycles. The third-order valence-corrected chi connectivity index (χ3v) is 4.97. The lowest BCUT2D eigenvalue weighted by Gasteiger charge is -2.41. The summed E-state index contributed by atoms with van der Waals surface area (Å²) in [4.78, 5) is 2.52. The number of para-hydroxylation sites is 1. The van der Waals surface area contributed by atoms with E-state index in [-0.39, 0.29) is 12.1 Å². The topological polar surface area (TPSA) is 35.5 Å². The van der Waals surface area contributed by atoms with Gasteiger partial charge in [0.1, 0.15) is 0 Å². The van der Waals surface area contributed by atoms with Crippen LogP contribution in [-0.4, -0.2) is 41.3 Å². The molecule has 2 fully saturated rings. The predicted molar refractivity (Wildman–Crippen MR) is 78.7 cm³/mol. The Hall–Kier alpha value is -0.770. The number of benzene rings is 1. The van der Waals surface area contributed by atoms with E-state index in [9.17, 15) is 5.11 Å². The third kappa shape index (κ3) is 2.35.